The molecule has 0 aromatic heterocycles. The average molecular weight is 466 g/mol. The van der Waals surface area contributed by atoms with Crippen LogP contribution in [0.15, 0.2) is 47.4 Å². The summed E-state index contributed by atoms with van der Waals surface area (Å²) in [6.45, 7) is 8.08. The maximum atomic E-state index is 13.0. The zero-order valence-corrected chi connectivity index (χ0v) is 19.5. The summed E-state index contributed by atoms with van der Waals surface area (Å²) in [6, 6.07) is 11.4. The molecule has 0 fully saturated rings. The van der Waals surface area contributed by atoms with Gasteiger partial charge in [-0.05, 0) is 41.9 Å². The first-order valence-corrected chi connectivity index (χ1v) is 11.7. The van der Waals surface area contributed by atoms with Crippen molar-refractivity contribution in [3.8, 4) is 0 Å². The Hall–Kier alpha value is -2.76. The molecular weight excluding hydrogens is 438 g/mol. The van der Waals surface area contributed by atoms with E-state index in [9.17, 15) is 18.5 Å². The molecule has 0 aliphatic rings. The van der Waals surface area contributed by atoms with E-state index in [0.717, 1.165) is 11.8 Å². The summed E-state index contributed by atoms with van der Waals surface area (Å²) < 4.78 is 27.2. The Balaban J connectivity index is 2.22. The molecule has 9 nitrogen and oxygen atoms in total. The second kappa shape index (κ2) is 10.5. The number of nitro groups is 1. The number of thiocarbonyl (C=S) groups is 1. The summed E-state index contributed by atoms with van der Waals surface area (Å²) in [7, 11) is -3.94. The lowest BCUT2D eigenvalue weighted by Gasteiger charge is -2.21. The first-order chi connectivity index (χ1) is 14.6. The molecule has 11 heteroatoms. The minimum atomic E-state index is -3.94. The van der Waals surface area contributed by atoms with Gasteiger partial charge in [-0.25, -0.2) is 8.42 Å². The molecule has 3 N–H and O–H groups in total. The molecule has 31 heavy (non-hydrogen) atoms. The predicted molar refractivity (Wildman–Crippen MR) is 127 cm³/mol. The van der Waals surface area contributed by atoms with Gasteiger partial charge < -0.3 is 5.32 Å². The molecule has 168 valence electrons. The number of nitro benzene ring substituents is 1. The Morgan fingerprint density at radius 2 is 1.74 bits per heavy atom. The summed E-state index contributed by atoms with van der Waals surface area (Å²) in [6.07, 6.45) is 0. The van der Waals surface area contributed by atoms with Crippen molar-refractivity contribution < 1.29 is 13.3 Å². The number of hydrogen-bond donors (Lipinski definition) is 3. The van der Waals surface area contributed by atoms with Crippen molar-refractivity contribution in [2.75, 3.05) is 23.8 Å². The third kappa shape index (κ3) is 6.12. The molecule has 0 saturated carbocycles. The van der Waals surface area contributed by atoms with Gasteiger partial charge in [-0.2, -0.15) is 4.31 Å². The number of sulfonamides is 1. The number of nitrogens with one attached hydrogen (secondary N) is 3. The maximum Gasteiger partial charge on any atom is 0.270 e. The van der Waals surface area contributed by atoms with E-state index in [1.807, 2.05) is 24.3 Å². The van der Waals surface area contributed by atoms with E-state index in [0.29, 0.717) is 5.92 Å². The number of non-ortho nitro benzene ring substituents is 1. The Kier molecular flexibility index (Phi) is 8.31. The van der Waals surface area contributed by atoms with Gasteiger partial charge in [0.15, 0.2) is 5.11 Å². The lowest BCUT2D eigenvalue weighted by molar-refractivity contribution is -0.385. The second-order valence-electron chi connectivity index (χ2n) is 7.01. The molecule has 0 saturated heterocycles. The van der Waals surface area contributed by atoms with E-state index in [1.165, 1.54) is 22.0 Å². The number of nitrogens with zero attached hydrogens (tertiary/aromatic N) is 2. The van der Waals surface area contributed by atoms with E-state index < -0.39 is 14.9 Å². The van der Waals surface area contributed by atoms with Crippen molar-refractivity contribution >= 4 is 44.4 Å². The zero-order valence-electron chi connectivity index (χ0n) is 17.9. The van der Waals surface area contributed by atoms with Gasteiger partial charge in [-0.15, -0.1) is 0 Å². The van der Waals surface area contributed by atoms with Crippen molar-refractivity contribution in [1.29, 1.82) is 0 Å². The van der Waals surface area contributed by atoms with Crippen LogP contribution in [0.25, 0.3) is 0 Å². The first kappa shape index (κ1) is 24.5. The van der Waals surface area contributed by atoms with Gasteiger partial charge in [0.1, 0.15) is 4.90 Å². The summed E-state index contributed by atoms with van der Waals surface area (Å²) in [5, 5.41) is 14.4. The number of anilines is 2. The third-order valence-corrected chi connectivity index (χ3v) is 6.94. The molecule has 0 bridgehead atoms. The van der Waals surface area contributed by atoms with Crippen molar-refractivity contribution in [1.82, 2.24) is 9.73 Å². The van der Waals surface area contributed by atoms with Crippen molar-refractivity contribution in [3.05, 3.63) is 58.1 Å². The van der Waals surface area contributed by atoms with Crippen LogP contribution in [0.5, 0.6) is 0 Å². The van der Waals surface area contributed by atoms with Crippen LogP contribution in [0, 0.1) is 10.1 Å². The molecule has 0 aliphatic carbocycles. The number of rotatable bonds is 9. The van der Waals surface area contributed by atoms with Crippen LogP contribution in [-0.4, -0.2) is 35.8 Å². The van der Waals surface area contributed by atoms with Gasteiger partial charge >= 0.3 is 0 Å². The fraction of sp³-hybridized carbons (Fsp3) is 0.350. The standard InChI is InChI=1S/C20H27N5O4S2/c1-5-24(6-2)31(28,29)19-13-17(25(26)27)11-12-18(19)22-23-20(30)21-16-9-7-15(8-10-16)14(3)4/h7-14,22H,5-6H2,1-4H3,(H2,21,23,30). The van der Waals surface area contributed by atoms with Crippen LogP contribution in [0.4, 0.5) is 17.1 Å². The monoisotopic (exact) mass is 465 g/mol. The summed E-state index contributed by atoms with van der Waals surface area (Å²) in [5.41, 5.74) is 7.29. The highest BCUT2D eigenvalue weighted by Gasteiger charge is 2.27. The van der Waals surface area contributed by atoms with E-state index in [2.05, 4.69) is 30.0 Å². The molecule has 2 aromatic carbocycles. The van der Waals surface area contributed by atoms with Crippen LogP contribution in [0.1, 0.15) is 39.2 Å². The number of benzene rings is 2. The fourth-order valence-corrected chi connectivity index (χ4v) is 4.68. The Labute approximate surface area is 188 Å². The minimum absolute atomic E-state index is 0.150. The van der Waals surface area contributed by atoms with Gasteiger partial charge in [0.25, 0.3) is 5.69 Å². The Morgan fingerprint density at radius 1 is 1.13 bits per heavy atom. The highest BCUT2D eigenvalue weighted by atomic mass is 32.2. The second-order valence-corrected chi connectivity index (χ2v) is 9.32. The van der Waals surface area contributed by atoms with Crippen LogP contribution in [0.2, 0.25) is 0 Å². The molecule has 0 atom stereocenters. The zero-order chi connectivity index (χ0) is 23.2. The average Bonchev–Trinajstić information content (AvgIpc) is 2.73. The minimum Gasteiger partial charge on any atom is -0.331 e. The summed E-state index contributed by atoms with van der Waals surface area (Å²) in [5.74, 6) is 0.411. The molecule has 0 spiro atoms. The SMILES string of the molecule is CCN(CC)S(=O)(=O)c1cc([N+](=O)[O-])ccc1NNC(=S)Nc1ccc(C(C)C)cc1. The molecule has 0 aliphatic heterocycles. The number of hydrazine groups is 1. The van der Waals surface area contributed by atoms with Crippen molar-refractivity contribution in [3.63, 3.8) is 0 Å². The van der Waals surface area contributed by atoms with Crippen LogP contribution in [0.3, 0.4) is 0 Å². The molecule has 0 heterocycles. The molecule has 0 unspecified atom stereocenters. The quantitative estimate of drug-likeness (QED) is 0.288. The Bertz CT molecular complexity index is 1040. The van der Waals surface area contributed by atoms with Gasteiger partial charge in [-0.1, -0.05) is 39.8 Å². The fourth-order valence-electron chi connectivity index (χ4n) is 2.88. The highest BCUT2D eigenvalue weighted by molar-refractivity contribution is 7.89. The topological polar surface area (TPSA) is 117 Å². The molecule has 2 rings (SSSR count). The number of hydrogen-bond acceptors (Lipinski definition) is 6. The molecular formula is C20H27N5O4S2. The van der Waals surface area contributed by atoms with Crippen LogP contribution in [-0.2, 0) is 10.0 Å². The van der Waals surface area contributed by atoms with Gasteiger partial charge in [0.05, 0.1) is 10.6 Å². The van der Waals surface area contributed by atoms with Crippen LogP contribution < -0.4 is 16.2 Å². The van der Waals surface area contributed by atoms with Gasteiger partial charge in [0.2, 0.25) is 10.0 Å². The summed E-state index contributed by atoms with van der Waals surface area (Å²) in [4.78, 5) is 10.3. The first-order valence-electron chi connectivity index (χ1n) is 9.81. The molecule has 0 radical (unpaired) electrons. The van der Waals surface area contributed by atoms with Gasteiger partial charge in [-0.3, -0.25) is 21.0 Å². The van der Waals surface area contributed by atoms with Crippen molar-refractivity contribution in [2.24, 2.45) is 0 Å². The smallest absolute Gasteiger partial charge is 0.270 e. The lowest BCUT2D eigenvalue weighted by Crippen LogP contribution is -2.35. The van der Waals surface area contributed by atoms with Crippen LogP contribution >= 0.6 is 12.2 Å². The van der Waals surface area contributed by atoms with Crippen molar-refractivity contribution in [2.45, 2.75) is 38.5 Å². The van der Waals surface area contributed by atoms with E-state index in [-0.39, 0.29) is 34.5 Å². The molecule has 2 aromatic rings. The van der Waals surface area contributed by atoms with E-state index in [4.69, 9.17) is 12.2 Å². The normalized spacial score (nSPS) is 11.4. The third-order valence-electron chi connectivity index (χ3n) is 4.65. The largest absolute Gasteiger partial charge is 0.331 e. The Morgan fingerprint density at radius 3 is 2.26 bits per heavy atom. The summed E-state index contributed by atoms with van der Waals surface area (Å²) >= 11 is 5.27. The maximum absolute atomic E-state index is 13.0. The highest BCUT2D eigenvalue weighted by Crippen LogP contribution is 2.28. The van der Waals surface area contributed by atoms with Gasteiger partial charge in [0, 0.05) is 30.9 Å². The lowest BCUT2D eigenvalue weighted by atomic mass is 10.0. The molecule has 0 amide bonds. The van der Waals surface area contributed by atoms with E-state index in [1.54, 1.807) is 13.8 Å². The van der Waals surface area contributed by atoms with E-state index >= 15 is 0 Å². The predicted octanol–water partition coefficient (Wildman–Crippen LogP) is 4.06.